The number of non-ortho nitro benzene ring substituents is 1. The monoisotopic (exact) mass is 433 g/mol. The number of carbonyl (C=O) groups is 1. The summed E-state index contributed by atoms with van der Waals surface area (Å²) in [6.07, 6.45) is -0.817. The minimum Gasteiger partial charge on any atom is -0.448 e. The predicted octanol–water partition coefficient (Wildman–Crippen LogP) is 3.43. The third-order valence-electron chi connectivity index (χ3n) is 3.13. The van der Waals surface area contributed by atoms with Crippen LogP contribution in [0.3, 0.4) is 0 Å². The standard InChI is InChI=1S/C15H13Cl2N3O6S/c16-13-5-4-10(8-14(13)17)19-15(21)26-7-6-18-27(24,25)12-3-1-2-11(9-12)20(22)23/h1-5,8-9,18H,6-7H2,(H,19,21). The Labute approximate surface area is 164 Å². The van der Waals surface area contributed by atoms with Gasteiger partial charge < -0.3 is 4.74 Å². The van der Waals surface area contributed by atoms with E-state index in [0.29, 0.717) is 10.7 Å². The number of hydrogen-bond donors (Lipinski definition) is 2. The minimum absolute atomic E-state index is 0.222. The number of sulfonamides is 1. The van der Waals surface area contributed by atoms with Gasteiger partial charge in [0.05, 0.1) is 19.9 Å². The summed E-state index contributed by atoms with van der Waals surface area (Å²) in [6, 6.07) is 9.01. The lowest BCUT2D eigenvalue weighted by molar-refractivity contribution is -0.385. The third kappa shape index (κ3) is 6.07. The molecule has 0 aliphatic rings. The largest absolute Gasteiger partial charge is 0.448 e. The van der Waals surface area contributed by atoms with Crippen LogP contribution in [-0.2, 0) is 14.8 Å². The zero-order chi connectivity index (χ0) is 20.0. The van der Waals surface area contributed by atoms with Crippen molar-refractivity contribution in [2.24, 2.45) is 0 Å². The topological polar surface area (TPSA) is 128 Å². The van der Waals surface area contributed by atoms with Gasteiger partial charge in [0.25, 0.3) is 5.69 Å². The van der Waals surface area contributed by atoms with Crippen molar-refractivity contribution < 1.29 is 22.9 Å². The van der Waals surface area contributed by atoms with E-state index in [1.165, 1.54) is 36.4 Å². The van der Waals surface area contributed by atoms with Crippen LogP contribution in [-0.4, -0.2) is 32.6 Å². The maximum atomic E-state index is 12.1. The first-order chi connectivity index (χ1) is 12.7. The Bertz CT molecular complexity index is 968. The molecule has 2 rings (SSSR count). The van der Waals surface area contributed by atoms with Gasteiger partial charge in [0.2, 0.25) is 10.0 Å². The van der Waals surface area contributed by atoms with Gasteiger partial charge in [0, 0.05) is 24.4 Å². The molecule has 0 bridgehead atoms. The van der Waals surface area contributed by atoms with E-state index in [2.05, 4.69) is 10.0 Å². The Balaban J connectivity index is 1.84. The van der Waals surface area contributed by atoms with Crippen LogP contribution in [0, 0.1) is 10.1 Å². The number of halogens is 2. The predicted molar refractivity (Wildman–Crippen MR) is 99.7 cm³/mol. The number of anilines is 1. The Morgan fingerprint density at radius 1 is 1.15 bits per heavy atom. The molecular weight excluding hydrogens is 421 g/mol. The third-order valence-corrected chi connectivity index (χ3v) is 5.33. The van der Waals surface area contributed by atoms with Gasteiger partial charge in [-0.05, 0) is 24.3 Å². The van der Waals surface area contributed by atoms with Crippen LogP contribution in [0.15, 0.2) is 47.4 Å². The molecule has 2 aromatic rings. The number of hydrogen-bond acceptors (Lipinski definition) is 6. The van der Waals surface area contributed by atoms with E-state index in [-0.39, 0.29) is 28.8 Å². The SMILES string of the molecule is O=C(Nc1ccc(Cl)c(Cl)c1)OCCNS(=O)(=O)c1cccc([N+](=O)[O-])c1. The Kier molecular flexibility index (Phi) is 6.97. The first-order valence-electron chi connectivity index (χ1n) is 7.32. The summed E-state index contributed by atoms with van der Waals surface area (Å²) in [6.45, 7) is -0.485. The number of benzene rings is 2. The number of ether oxygens (including phenoxy) is 1. The van der Waals surface area contributed by atoms with Crippen molar-refractivity contribution >= 4 is 50.7 Å². The highest BCUT2D eigenvalue weighted by molar-refractivity contribution is 7.89. The van der Waals surface area contributed by atoms with E-state index in [9.17, 15) is 23.3 Å². The molecule has 0 saturated heterocycles. The molecule has 12 heteroatoms. The summed E-state index contributed by atoms with van der Waals surface area (Å²) in [5.74, 6) is 0. The molecule has 0 radical (unpaired) electrons. The average molecular weight is 434 g/mol. The molecule has 0 spiro atoms. The van der Waals surface area contributed by atoms with E-state index >= 15 is 0 Å². The second-order valence-electron chi connectivity index (χ2n) is 5.04. The fourth-order valence-corrected chi connectivity index (χ4v) is 3.25. The molecule has 9 nitrogen and oxygen atoms in total. The van der Waals surface area contributed by atoms with Crippen LogP contribution in [0.2, 0.25) is 10.0 Å². The van der Waals surface area contributed by atoms with Gasteiger partial charge >= 0.3 is 6.09 Å². The van der Waals surface area contributed by atoms with Crippen molar-refractivity contribution in [1.82, 2.24) is 4.72 Å². The molecule has 144 valence electrons. The smallest absolute Gasteiger partial charge is 0.411 e. The van der Waals surface area contributed by atoms with Crippen molar-refractivity contribution in [2.75, 3.05) is 18.5 Å². The molecule has 0 heterocycles. The van der Waals surface area contributed by atoms with Crippen LogP contribution in [0.1, 0.15) is 0 Å². The van der Waals surface area contributed by atoms with E-state index < -0.39 is 21.0 Å². The fourth-order valence-electron chi connectivity index (χ4n) is 1.90. The Morgan fingerprint density at radius 2 is 1.89 bits per heavy atom. The molecular formula is C15H13Cl2N3O6S. The molecule has 0 aliphatic carbocycles. The van der Waals surface area contributed by atoms with Gasteiger partial charge in [0.1, 0.15) is 6.61 Å². The lowest BCUT2D eigenvalue weighted by Gasteiger charge is -2.09. The van der Waals surface area contributed by atoms with E-state index in [1.807, 2.05) is 0 Å². The van der Waals surface area contributed by atoms with Gasteiger partial charge in [-0.25, -0.2) is 17.9 Å². The normalized spacial score (nSPS) is 11.0. The summed E-state index contributed by atoms with van der Waals surface area (Å²) in [5, 5.41) is 13.7. The average Bonchev–Trinajstić information content (AvgIpc) is 2.62. The molecule has 0 aliphatic heterocycles. The van der Waals surface area contributed by atoms with Crippen molar-refractivity contribution in [2.45, 2.75) is 4.90 Å². The maximum Gasteiger partial charge on any atom is 0.411 e. The summed E-state index contributed by atoms with van der Waals surface area (Å²) in [7, 11) is -3.98. The molecule has 27 heavy (non-hydrogen) atoms. The number of nitro groups is 1. The number of nitrogens with zero attached hydrogens (tertiary/aromatic N) is 1. The summed E-state index contributed by atoms with van der Waals surface area (Å²) >= 11 is 11.6. The van der Waals surface area contributed by atoms with Gasteiger partial charge in [-0.1, -0.05) is 29.3 Å². The van der Waals surface area contributed by atoms with E-state index in [4.69, 9.17) is 27.9 Å². The highest BCUT2D eigenvalue weighted by atomic mass is 35.5. The number of carbonyl (C=O) groups excluding carboxylic acids is 1. The molecule has 1 amide bonds. The highest BCUT2D eigenvalue weighted by Gasteiger charge is 2.17. The van der Waals surface area contributed by atoms with Crippen LogP contribution in [0.5, 0.6) is 0 Å². The maximum absolute atomic E-state index is 12.1. The second-order valence-corrected chi connectivity index (χ2v) is 7.62. The van der Waals surface area contributed by atoms with Crippen molar-refractivity contribution in [3.05, 3.63) is 62.6 Å². The Morgan fingerprint density at radius 3 is 2.56 bits per heavy atom. The zero-order valence-electron chi connectivity index (χ0n) is 13.5. The molecule has 0 fully saturated rings. The second kappa shape index (κ2) is 9.00. The summed E-state index contributed by atoms with van der Waals surface area (Å²) in [5.41, 5.74) is 0.00158. The molecule has 0 unspecified atom stereocenters. The van der Waals surface area contributed by atoms with Crippen LogP contribution in [0.4, 0.5) is 16.2 Å². The zero-order valence-corrected chi connectivity index (χ0v) is 15.8. The first kappa shape index (κ1) is 20.9. The van der Waals surface area contributed by atoms with Crippen molar-refractivity contribution in [1.29, 1.82) is 0 Å². The van der Waals surface area contributed by atoms with Crippen LogP contribution in [0.25, 0.3) is 0 Å². The van der Waals surface area contributed by atoms with Crippen LogP contribution < -0.4 is 10.0 Å². The first-order valence-corrected chi connectivity index (χ1v) is 9.56. The lowest BCUT2D eigenvalue weighted by atomic mass is 10.3. The molecule has 2 aromatic carbocycles. The van der Waals surface area contributed by atoms with Gasteiger partial charge in [-0.3, -0.25) is 15.4 Å². The highest BCUT2D eigenvalue weighted by Crippen LogP contribution is 2.25. The van der Waals surface area contributed by atoms with Gasteiger partial charge in [-0.15, -0.1) is 0 Å². The molecule has 2 N–H and O–H groups in total. The number of nitro benzene ring substituents is 1. The molecule has 0 saturated carbocycles. The van der Waals surface area contributed by atoms with Gasteiger partial charge in [-0.2, -0.15) is 0 Å². The summed E-state index contributed by atoms with van der Waals surface area (Å²) < 4.78 is 31.2. The number of rotatable bonds is 7. The van der Waals surface area contributed by atoms with Crippen molar-refractivity contribution in [3.8, 4) is 0 Å². The Hall–Kier alpha value is -2.40. The van der Waals surface area contributed by atoms with Crippen molar-refractivity contribution in [3.63, 3.8) is 0 Å². The fraction of sp³-hybridized carbons (Fsp3) is 0.133. The van der Waals surface area contributed by atoms with Gasteiger partial charge in [0.15, 0.2) is 0 Å². The number of nitrogens with one attached hydrogen (secondary N) is 2. The summed E-state index contributed by atoms with van der Waals surface area (Å²) in [4.78, 5) is 21.4. The quantitative estimate of drug-likeness (QED) is 0.391. The number of amides is 1. The minimum atomic E-state index is -3.98. The van der Waals surface area contributed by atoms with Crippen LogP contribution >= 0.6 is 23.2 Å². The van der Waals surface area contributed by atoms with E-state index in [0.717, 1.165) is 6.07 Å². The molecule has 0 aromatic heterocycles. The van der Waals surface area contributed by atoms with E-state index in [1.54, 1.807) is 0 Å². The lowest BCUT2D eigenvalue weighted by Crippen LogP contribution is -2.29. The molecule has 0 atom stereocenters.